The second kappa shape index (κ2) is 10.9. The first-order valence-corrected chi connectivity index (χ1v) is 10.3. The summed E-state index contributed by atoms with van der Waals surface area (Å²) in [5.74, 6) is -0.162. The van der Waals surface area contributed by atoms with Gasteiger partial charge in [-0.05, 0) is 49.6 Å². The van der Waals surface area contributed by atoms with E-state index >= 15 is 0 Å². The molecule has 0 atom stereocenters. The maximum Gasteiger partial charge on any atom is 0.251 e. The van der Waals surface area contributed by atoms with Crippen LogP contribution in [0.25, 0.3) is 11.3 Å². The zero-order valence-corrected chi connectivity index (χ0v) is 17.6. The number of benzene rings is 2. The van der Waals surface area contributed by atoms with Gasteiger partial charge in [-0.3, -0.25) is 9.59 Å². The molecule has 160 valence electrons. The van der Waals surface area contributed by atoms with Crippen molar-refractivity contribution in [1.29, 1.82) is 0 Å². The van der Waals surface area contributed by atoms with Crippen molar-refractivity contribution in [2.24, 2.45) is 0 Å². The van der Waals surface area contributed by atoms with Crippen LogP contribution >= 0.6 is 0 Å². The monoisotopic (exact) mass is 417 g/mol. The van der Waals surface area contributed by atoms with Gasteiger partial charge in [0.25, 0.3) is 5.91 Å². The molecule has 3 aromatic rings. The molecule has 0 radical (unpaired) electrons. The van der Waals surface area contributed by atoms with Gasteiger partial charge in [0.2, 0.25) is 5.91 Å². The smallest absolute Gasteiger partial charge is 0.251 e. The third-order valence-corrected chi connectivity index (χ3v) is 5.04. The van der Waals surface area contributed by atoms with E-state index in [1.807, 2.05) is 43.3 Å². The first-order chi connectivity index (χ1) is 15.1. The van der Waals surface area contributed by atoms with Crippen molar-refractivity contribution in [3.05, 3.63) is 72.2 Å². The van der Waals surface area contributed by atoms with Gasteiger partial charge < -0.3 is 16.4 Å². The molecule has 0 saturated carbocycles. The van der Waals surface area contributed by atoms with Crippen molar-refractivity contribution in [1.82, 2.24) is 15.3 Å². The van der Waals surface area contributed by atoms with Gasteiger partial charge in [0.1, 0.15) is 6.33 Å². The number of rotatable bonds is 9. The lowest BCUT2D eigenvalue weighted by Crippen LogP contribution is -2.25. The van der Waals surface area contributed by atoms with E-state index in [4.69, 9.17) is 5.73 Å². The van der Waals surface area contributed by atoms with Gasteiger partial charge in [-0.1, -0.05) is 30.7 Å². The third kappa shape index (κ3) is 6.12. The van der Waals surface area contributed by atoms with E-state index in [9.17, 15) is 9.59 Å². The molecule has 0 saturated heterocycles. The Hall–Kier alpha value is -3.74. The van der Waals surface area contributed by atoms with Crippen LogP contribution in [0.3, 0.4) is 0 Å². The van der Waals surface area contributed by atoms with Crippen LogP contribution in [0.4, 0.5) is 11.4 Å². The SMILES string of the molecule is Cc1c(C(=O)NCCCCCC(=O)Nc2ccccc2N)cccc1-c1ccncn1. The average Bonchev–Trinajstić information content (AvgIpc) is 2.78. The van der Waals surface area contributed by atoms with Crippen LogP contribution in [-0.2, 0) is 4.79 Å². The zero-order valence-electron chi connectivity index (χ0n) is 17.6. The number of hydrogen-bond donors (Lipinski definition) is 3. The summed E-state index contributed by atoms with van der Waals surface area (Å²) in [4.78, 5) is 32.8. The fraction of sp³-hybridized carbons (Fsp3) is 0.250. The van der Waals surface area contributed by atoms with Crippen molar-refractivity contribution >= 4 is 23.2 Å². The maximum atomic E-state index is 12.6. The Balaban J connectivity index is 1.41. The van der Waals surface area contributed by atoms with Gasteiger partial charge in [-0.25, -0.2) is 9.97 Å². The van der Waals surface area contributed by atoms with E-state index < -0.39 is 0 Å². The Morgan fingerprint density at radius 2 is 1.84 bits per heavy atom. The van der Waals surface area contributed by atoms with E-state index in [2.05, 4.69) is 20.6 Å². The molecule has 0 fully saturated rings. The molecular weight excluding hydrogens is 390 g/mol. The molecule has 31 heavy (non-hydrogen) atoms. The Bertz CT molecular complexity index is 1040. The largest absolute Gasteiger partial charge is 0.397 e. The Labute approximate surface area is 182 Å². The number of hydrogen-bond acceptors (Lipinski definition) is 5. The van der Waals surface area contributed by atoms with Gasteiger partial charge >= 0.3 is 0 Å². The normalized spacial score (nSPS) is 10.5. The summed E-state index contributed by atoms with van der Waals surface area (Å²) in [6.45, 7) is 2.48. The third-order valence-electron chi connectivity index (χ3n) is 5.04. The summed E-state index contributed by atoms with van der Waals surface area (Å²) in [5, 5.41) is 5.79. The number of para-hydroxylation sites is 2. The zero-order chi connectivity index (χ0) is 22.1. The van der Waals surface area contributed by atoms with Crippen LogP contribution in [-0.4, -0.2) is 28.3 Å². The summed E-state index contributed by atoms with van der Waals surface area (Å²) in [5.41, 5.74) is 10.2. The van der Waals surface area contributed by atoms with Gasteiger partial charge in [0.15, 0.2) is 0 Å². The first kappa shape index (κ1) is 22.0. The predicted octanol–water partition coefficient (Wildman–Crippen LogP) is 3.96. The fourth-order valence-corrected chi connectivity index (χ4v) is 3.32. The number of nitrogens with zero attached hydrogens (tertiary/aromatic N) is 2. The molecule has 3 rings (SSSR count). The molecule has 2 amide bonds. The van der Waals surface area contributed by atoms with Crippen LogP contribution < -0.4 is 16.4 Å². The van der Waals surface area contributed by atoms with Crippen molar-refractivity contribution in [3.63, 3.8) is 0 Å². The molecular formula is C24H27N5O2. The Kier molecular flexibility index (Phi) is 7.70. The van der Waals surface area contributed by atoms with Crippen LogP contribution in [0.15, 0.2) is 61.1 Å². The standard InChI is InChI=1S/C24H27N5O2/c1-17-18(21-13-15-26-16-28-21)8-7-9-19(17)24(31)27-14-6-2-3-12-23(30)29-22-11-5-4-10-20(22)25/h4-5,7-11,13,15-16H,2-3,6,12,14,25H2,1H3,(H,27,31)(H,29,30). The minimum absolute atomic E-state index is 0.0564. The number of aromatic nitrogens is 2. The van der Waals surface area contributed by atoms with Crippen LogP contribution in [0, 0.1) is 6.92 Å². The highest BCUT2D eigenvalue weighted by atomic mass is 16.2. The van der Waals surface area contributed by atoms with Gasteiger partial charge in [0, 0.05) is 30.3 Å². The molecule has 0 aliphatic heterocycles. The van der Waals surface area contributed by atoms with Crippen molar-refractivity contribution in [2.45, 2.75) is 32.6 Å². The topological polar surface area (TPSA) is 110 Å². The van der Waals surface area contributed by atoms with E-state index in [0.29, 0.717) is 29.9 Å². The highest BCUT2D eigenvalue weighted by Gasteiger charge is 2.13. The molecule has 0 spiro atoms. The summed E-state index contributed by atoms with van der Waals surface area (Å²) >= 11 is 0. The van der Waals surface area contributed by atoms with E-state index in [1.165, 1.54) is 6.33 Å². The van der Waals surface area contributed by atoms with Crippen LogP contribution in [0.1, 0.15) is 41.6 Å². The quantitative estimate of drug-likeness (QED) is 0.360. The number of nitrogens with one attached hydrogen (secondary N) is 2. The van der Waals surface area contributed by atoms with E-state index in [0.717, 1.165) is 36.1 Å². The highest BCUT2D eigenvalue weighted by Crippen LogP contribution is 2.23. The van der Waals surface area contributed by atoms with Gasteiger partial charge in [-0.2, -0.15) is 0 Å². The molecule has 0 unspecified atom stereocenters. The molecule has 0 aliphatic carbocycles. The molecule has 1 aromatic heterocycles. The maximum absolute atomic E-state index is 12.6. The molecule has 4 N–H and O–H groups in total. The number of anilines is 2. The second-order valence-electron chi connectivity index (χ2n) is 7.27. The minimum atomic E-state index is -0.106. The van der Waals surface area contributed by atoms with Crippen molar-refractivity contribution in [2.75, 3.05) is 17.6 Å². The predicted molar refractivity (Wildman–Crippen MR) is 122 cm³/mol. The number of amides is 2. The Morgan fingerprint density at radius 3 is 2.61 bits per heavy atom. The number of carbonyl (C=O) groups excluding carboxylic acids is 2. The molecule has 7 nitrogen and oxygen atoms in total. The lowest BCUT2D eigenvalue weighted by atomic mass is 9.99. The van der Waals surface area contributed by atoms with Gasteiger partial charge in [-0.15, -0.1) is 0 Å². The molecule has 1 heterocycles. The Morgan fingerprint density at radius 1 is 1.00 bits per heavy atom. The molecule has 7 heteroatoms. The lowest BCUT2D eigenvalue weighted by Gasteiger charge is -2.11. The van der Waals surface area contributed by atoms with Crippen molar-refractivity contribution in [3.8, 4) is 11.3 Å². The summed E-state index contributed by atoms with van der Waals surface area (Å²) in [6, 6.07) is 14.6. The summed E-state index contributed by atoms with van der Waals surface area (Å²) in [7, 11) is 0. The van der Waals surface area contributed by atoms with Crippen LogP contribution in [0.5, 0.6) is 0 Å². The summed E-state index contributed by atoms with van der Waals surface area (Å²) in [6.07, 6.45) is 5.99. The summed E-state index contributed by atoms with van der Waals surface area (Å²) < 4.78 is 0. The fourth-order valence-electron chi connectivity index (χ4n) is 3.32. The van der Waals surface area contributed by atoms with E-state index in [-0.39, 0.29) is 11.8 Å². The second-order valence-corrected chi connectivity index (χ2v) is 7.27. The van der Waals surface area contributed by atoms with Crippen LogP contribution in [0.2, 0.25) is 0 Å². The highest BCUT2D eigenvalue weighted by molar-refractivity contribution is 5.97. The average molecular weight is 418 g/mol. The lowest BCUT2D eigenvalue weighted by molar-refractivity contribution is -0.116. The number of carbonyl (C=O) groups is 2. The van der Waals surface area contributed by atoms with E-state index in [1.54, 1.807) is 18.3 Å². The first-order valence-electron chi connectivity index (χ1n) is 10.3. The van der Waals surface area contributed by atoms with Crippen molar-refractivity contribution < 1.29 is 9.59 Å². The van der Waals surface area contributed by atoms with Gasteiger partial charge in [0.05, 0.1) is 17.1 Å². The number of unbranched alkanes of at least 4 members (excludes halogenated alkanes) is 2. The number of nitrogen functional groups attached to an aromatic ring is 1. The minimum Gasteiger partial charge on any atom is -0.397 e. The molecule has 0 bridgehead atoms. The number of nitrogens with two attached hydrogens (primary N) is 1. The molecule has 2 aromatic carbocycles. The molecule has 0 aliphatic rings.